The average Bonchev–Trinajstić information content (AvgIpc) is 2.56. The minimum Gasteiger partial charge on any atom is -0.359 e. The van der Waals surface area contributed by atoms with E-state index in [1.807, 2.05) is 0 Å². The number of hydrogen-bond donors (Lipinski definition) is 2. The number of fused-ring (bicyclic) bond motifs is 1. The van der Waals surface area contributed by atoms with Crippen LogP contribution in [0.5, 0.6) is 0 Å². The molecule has 1 aliphatic carbocycles. The molecule has 2 heteroatoms. The number of aromatic nitrogens is 1. The van der Waals surface area contributed by atoms with E-state index in [0.717, 1.165) is 6.54 Å². The van der Waals surface area contributed by atoms with Gasteiger partial charge in [-0.1, -0.05) is 12.5 Å². The number of aryl methyl sites for hydroxylation is 1. The summed E-state index contributed by atoms with van der Waals surface area (Å²) in [5.74, 6) is 0. The fourth-order valence-electron chi connectivity index (χ4n) is 2.82. The van der Waals surface area contributed by atoms with Crippen LogP contribution in [0.4, 0.5) is 0 Å². The lowest BCUT2D eigenvalue weighted by Crippen LogP contribution is -2.41. The zero-order chi connectivity index (χ0) is 11.2. The third-order valence-corrected chi connectivity index (χ3v) is 4.07. The maximum absolute atomic E-state index is 5.94. The van der Waals surface area contributed by atoms with Gasteiger partial charge in [-0.05, 0) is 48.9 Å². The highest BCUT2D eigenvalue weighted by Crippen LogP contribution is 2.43. The van der Waals surface area contributed by atoms with E-state index in [1.165, 1.54) is 41.4 Å². The molecular weight excluding hydrogens is 196 g/mol. The molecule has 1 fully saturated rings. The van der Waals surface area contributed by atoms with Crippen LogP contribution in [0.3, 0.4) is 0 Å². The summed E-state index contributed by atoms with van der Waals surface area (Å²) < 4.78 is 0. The van der Waals surface area contributed by atoms with Gasteiger partial charge in [0.05, 0.1) is 0 Å². The predicted octanol–water partition coefficient (Wildman–Crippen LogP) is 2.86. The second kappa shape index (κ2) is 3.36. The molecule has 0 saturated heterocycles. The van der Waals surface area contributed by atoms with E-state index in [2.05, 4.69) is 36.2 Å². The highest BCUT2D eigenvalue weighted by molar-refractivity contribution is 5.81. The lowest BCUT2D eigenvalue weighted by Gasteiger charge is -2.41. The van der Waals surface area contributed by atoms with Crippen molar-refractivity contribution in [3.63, 3.8) is 0 Å². The first-order valence-corrected chi connectivity index (χ1v) is 6.03. The van der Waals surface area contributed by atoms with E-state index in [0.29, 0.717) is 0 Å². The Morgan fingerprint density at radius 1 is 1.31 bits per heavy atom. The minimum atomic E-state index is 0.277. The van der Waals surface area contributed by atoms with Gasteiger partial charge < -0.3 is 10.7 Å². The van der Waals surface area contributed by atoms with Crippen molar-refractivity contribution in [1.82, 2.24) is 4.98 Å². The molecule has 1 aliphatic rings. The Labute approximate surface area is 95.8 Å². The van der Waals surface area contributed by atoms with E-state index in [9.17, 15) is 0 Å². The maximum Gasteiger partial charge on any atom is 0.0456 e. The van der Waals surface area contributed by atoms with Crippen LogP contribution in [0.2, 0.25) is 0 Å². The van der Waals surface area contributed by atoms with Gasteiger partial charge in [0.25, 0.3) is 0 Å². The lowest BCUT2D eigenvalue weighted by atomic mass is 9.64. The van der Waals surface area contributed by atoms with Crippen molar-refractivity contribution >= 4 is 10.9 Å². The Hall–Kier alpha value is -1.28. The highest BCUT2D eigenvalue weighted by Gasteiger charge is 2.37. The van der Waals surface area contributed by atoms with Gasteiger partial charge >= 0.3 is 0 Å². The van der Waals surface area contributed by atoms with Crippen LogP contribution in [0, 0.1) is 6.92 Å². The number of benzene rings is 1. The second-order valence-corrected chi connectivity index (χ2v) is 5.09. The molecule has 0 spiro atoms. The molecule has 16 heavy (non-hydrogen) atoms. The summed E-state index contributed by atoms with van der Waals surface area (Å²) in [7, 11) is 0. The number of rotatable bonds is 2. The monoisotopic (exact) mass is 214 g/mol. The molecular formula is C14H18N2. The standard InChI is InChI=1S/C14H18N2/c1-10-7-11-8-12(3-4-13(11)16-10)14(9-15)5-2-6-14/h3-4,7-8,16H,2,5-6,9,15H2,1H3. The van der Waals surface area contributed by atoms with Crippen LogP contribution < -0.4 is 5.73 Å². The molecule has 0 radical (unpaired) electrons. The lowest BCUT2D eigenvalue weighted by molar-refractivity contribution is 0.253. The maximum atomic E-state index is 5.94. The Balaban J connectivity index is 2.10. The van der Waals surface area contributed by atoms with Crippen LogP contribution in [-0.2, 0) is 5.41 Å². The normalized spacial score (nSPS) is 18.6. The summed E-state index contributed by atoms with van der Waals surface area (Å²) in [6, 6.07) is 8.95. The predicted molar refractivity (Wildman–Crippen MR) is 67.6 cm³/mol. The number of aromatic amines is 1. The molecule has 2 nitrogen and oxygen atoms in total. The first kappa shape index (κ1) is 9.91. The minimum absolute atomic E-state index is 0.277. The van der Waals surface area contributed by atoms with Gasteiger partial charge in [-0.25, -0.2) is 0 Å². The van der Waals surface area contributed by atoms with E-state index < -0.39 is 0 Å². The molecule has 3 N–H and O–H groups in total. The molecule has 2 aromatic rings. The molecule has 1 saturated carbocycles. The summed E-state index contributed by atoms with van der Waals surface area (Å²) in [6.45, 7) is 2.88. The summed E-state index contributed by atoms with van der Waals surface area (Å²) in [6.07, 6.45) is 3.82. The van der Waals surface area contributed by atoms with E-state index in [1.54, 1.807) is 0 Å². The molecule has 3 rings (SSSR count). The molecule has 1 aromatic carbocycles. The molecule has 84 valence electrons. The summed E-state index contributed by atoms with van der Waals surface area (Å²) in [5, 5.41) is 1.31. The first-order chi connectivity index (χ1) is 7.73. The van der Waals surface area contributed by atoms with Gasteiger partial charge in [0.15, 0.2) is 0 Å². The van der Waals surface area contributed by atoms with Crippen molar-refractivity contribution in [2.24, 2.45) is 5.73 Å². The van der Waals surface area contributed by atoms with Crippen LogP contribution in [0.15, 0.2) is 24.3 Å². The number of H-pyrrole nitrogens is 1. The van der Waals surface area contributed by atoms with Crippen molar-refractivity contribution in [3.05, 3.63) is 35.5 Å². The third kappa shape index (κ3) is 1.30. The largest absolute Gasteiger partial charge is 0.359 e. The number of hydrogen-bond acceptors (Lipinski definition) is 1. The molecule has 1 aromatic heterocycles. The van der Waals surface area contributed by atoms with Crippen LogP contribution in [0.1, 0.15) is 30.5 Å². The Kier molecular flexibility index (Phi) is 2.08. The van der Waals surface area contributed by atoms with Gasteiger partial charge in [-0.2, -0.15) is 0 Å². The smallest absolute Gasteiger partial charge is 0.0456 e. The van der Waals surface area contributed by atoms with E-state index in [4.69, 9.17) is 5.73 Å². The molecule has 0 atom stereocenters. The van der Waals surface area contributed by atoms with Crippen LogP contribution >= 0.6 is 0 Å². The van der Waals surface area contributed by atoms with Crippen molar-refractivity contribution in [2.45, 2.75) is 31.6 Å². The first-order valence-electron chi connectivity index (χ1n) is 6.03. The highest BCUT2D eigenvalue weighted by atomic mass is 14.7. The van der Waals surface area contributed by atoms with Crippen LogP contribution in [0.25, 0.3) is 10.9 Å². The van der Waals surface area contributed by atoms with E-state index >= 15 is 0 Å². The summed E-state index contributed by atoms with van der Waals surface area (Å²) in [4.78, 5) is 3.36. The average molecular weight is 214 g/mol. The Bertz CT molecular complexity index is 515. The fraction of sp³-hybridized carbons (Fsp3) is 0.429. The van der Waals surface area contributed by atoms with Crippen molar-refractivity contribution in [1.29, 1.82) is 0 Å². The molecule has 0 aliphatic heterocycles. The van der Waals surface area contributed by atoms with Crippen LogP contribution in [-0.4, -0.2) is 11.5 Å². The zero-order valence-electron chi connectivity index (χ0n) is 9.72. The molecule has 0 amide bonds. The van der Waals surface area contributed by atoms with Gasteiger partial charge in [0.2, 0.25) is 0 Å². The molecule has 0 bridgehead atoms. The number of nitrogens with one attached hydrogen (secondary N) is 1. The second-order valence-electron chi connectivity index (χ2n) is 5.09. The summed E-state index contributed by atoms with van der Waals surface area (Å²) >= 11 is 0. The molecule has 1 heterocycles. The Morgan fingerprint density at radius 3 is 2.75 bits per heavy atom. The topological polar surface area (TPSA) is 41.8 Å². The number of nitrogens with two attached hydrogens (primary N) is 1. The van der Waals surface area contributed by atoms with Crippen molar-refractivity contribution < 1.29 is 0 Å². The molecule has 0 unspecified atom stereocenters. The summed E-state index contributed by atoms with van der Waals surface area (Å²) in [5.41, 5.74) is 10.1. The van der Waals surface area contributed by atoms with Crippen molar-refractivity contribution in [3.8, 4) is 0 Å². The zero-order valence-corrected chi connectivity index (χ0v) is 9.72. The van der Waals surface area contributed by atoms with Gasteiger partial charge in [0, 0.05) is 23.2 Å². The fourth-order valence-corrected chi connectivity index (χ4v) is 2.82. The van der Waals surface area contributed by atoms with Gasteiger partial charge in [-0.15, -0.1) is 0 Å². The Morgan fingerprint density at radius 2 is 2.12 bits per heavy atom. The van der Waals surface area contributed by atoms with Crippen molar-refractivity contribution in [2.75, 3.05) is 6.54 Å². The van der Waals surface area contributed by atoms with Gasteiger partial charge in [-0.3, -0.25) is 0 Å². The third-order valence-electron chi connectivity index (χ3n) is 4.07. The van der Waals surface area contributed by atoms with E-state index in [-0.39, 0.29) is 5.41 Å². The quantitative estimate of drug-likeness (QED) is 0.793. The SMILES string of the molecule is Cc1cc2cc(C3(CN)CCC3)ccc2[nH]1. The van der Waals surface area contributed by atoms with Gasteiger partial charge in [0.1, 0.15) is 0 Å².